The van der Waals surface area contributed by atoms with Crippen molar-refractivity contribution in [2.45, 2.75) is 64.3 Å². The van der Waals surface area contributed by atoms with Gasteiger partial charge in [-0.25, -0.2) is 4.79 Å². The second-order valence-corrected chi connectivity index (χ2v) is 6.94. The van der Waals surface area contributed by atoms with Crippen molar-refractivity contribution in [1.82, 2.24) is 10.6 Å². The van der Waals surface area contributed by atoms with Crippen molar-refractivity contribution < 1.29 is 14.7 Å². The smallest absolute Gasteiger partial charge is 0.329 e. The number of carboxylic acid groups (broad SMARTS) is 1. The maximum atomic E-state index is 12.8. The third kappa shape index (κ3) is 3.23. The highest BCUT2D eigenvalue weighted by Crippen LogP contribution is 2.35. The van der Waals surface area contributed by atoms with Gasteiger partial charge >= 0.3 is 5.97 Å². The molecule has 2 fully saturated rings. The Morgan fingerprint density at radius 1 is 1.29 bits per heavy atom. The van der Waals surface area contributed by atoms with Crippen LogP contribution in [0.15, 0.2) is 0 Å². The molecule has 1 heterocycles. The average Bonchev–Trinajstić information content (AvgIpc) is 2.50. The molecular formula is C16H28N2O3. The minimum Gasteiger partial charge on any atom is -0.480 e. The number of hydrogen-bond donors (Lipinski definition) is 3. The van der Waals surface area contributed by atoms with E-state index in [1.807, 2.05) is 6.92 Å². The first-order valence-electron chi connectivity index (χ1n) is 8.21. The highest BCUT2D eigenvalue weighted by molar-refractivity contribution is 5.90. The van der Waals surface area contributed by atoms with Gasteiger partial charge in [0.25, 0.3) is 0 Å². The maximum absolute atomic E-state index is 12.8. The molecule has 5 heteroatoms. The van der Waals surface area contributed by atoms with Crippen LogP contribution >= 0.6 is 0 Å². The summed E-state index contributed by atoms with van der Waals surface area (Å²) in [7, 11) is 0. The summed E-state index contributed by atoms with van der Waals surface area (Å²) in [5.41, 5.74) is -1.49. The van der Waals surface area contributed by atoms with E-state index in [1.165, 1.54) is 0 Å². The van der Waals surface area contributed by atoms with E-state index in [1.54, 1.807) is 0 Å². The fourth-order valence-corrected chi connectivity index (χ4v) is 3.62. The van der Waals surface area contributed by atoms with Crippen LogP contribution in [0.3, 0.4) is 0 Å². The van der Waals surface area contributed by atoms with Crippen LogP contribution in [0, 0.1) is 11.3 Å². The lowest BCUT2D eigenvalue weighted by Gasteiger charge is -2.41. The summed E-state index contributed by atoms with van der Waals surface area (Å²) >= 11 is 0. The van der Waals surface area contributed by atoms with Crippen LogP contribution in [-0.2, 0) is 9.59 Å². The Morgan fingerprint density at radius 3 is 2.43 bits per heavy atom. The zero-order chi connectivity index (χ0) is 15.5. The minimum absolute atomic E-state index is 0.0749. The zero-order valence-corrected chi connectivity index (χ0v) is 13.2. The molecule has 3 N–H and O–H groups in total. The van der Waals surface area contributed by atoms with Gasteiger partial charge in [-0.3, -0.25) is 4.79 Å². The van der Waals surface area contributed by atoms with Crippen LogP contribution in [0.25, 0.3) is 0 Å². The van der Waals surface area contributed by atoms with E-state index in [0.29, 0.717) is 25.3 Å². The molecule has 120 valence electrons. The molecule has 2 rings (SSSR count). The zero-order valence-electron chi connectivity index (χ0n) is 13.2. The Bertz CT molecular complexity index is 394. The Kier molecular flexibility index (Phi) is 4.91. The Labute approximate surface area is 126 Å². The van der Waals surface area contributed by atoms with Gasteiger partial charge in [0.1, 0.15) is 5.54 Å². The van der Waals surface area contributed by atoms with Gasteiger partial charge in [0.15, 0.2) is 0 Å². The summed E-state index contributed by atoms with van der Waals surface area (Å²) in [5, 5.41) is 15.9. The molecule has 2 aliphatic rings. The van der Waals surface area contributed by atoms with Crippen LogP contribution in [0.4, 0.5) is 0 Å². The van der Waals surface area contributed by atoms with E-state index in [4.69, 9.17) is 0 Å². The summed E-state index contributed by atoms with van der Waals surface area (Å²) in [6.07, 6.45) is 5.38. The fraction of sp³-hybridized carbons (Fsp3) is 0.875. The number of piperidine rings is 1. The summed E-state index contributed by atoms with van der Waals surface area (Å²) in [6.45, 7) is 5.76. The van der Waals surface area contributed by atoms with Crippen LogP contribution in [0.2, 0.25) is 0 Å². The van der Waals surface area contributed by atoms with Crippen molar-refractivity contribution in [2.75, 3.05) is 13.1 Å². The molecule has 0 aromatic heterocycles. The molecule has 21 heavy (non-hydrogen) atoms. The second-order valence-electron chi connectivity index (χ2n) is 6.94. The van der Waals surface area contributed by atoms with Crippen molar-refractivity contribution in [3.8, 4) is 0 Å². The van der Waals surface area contributed by atoms with Crippen molar-refractivity contribution in [3.05, 3.63) is 0 Å². The summed E-state index contributed by atoms with van der Waals surface area (Å²) < 4.78 is 0. The number of amides is 1. The number of aliphatic carboxylic acids is 1. The summed E-state index contributed by atoms with van der Waals surface area (Å²) in [6, 6.07) is 0. The molecule has 0 spiro atoms. The van der Waals surface area contributed by atoms with Gasteiger partial charge in [-0.2, -0.15) is 0 Å². The lowest BCUT2D eigenvalue weighted by atomic mass is 9.73. The SMILES string of the molecule is CCC1(C(=O)NC2(C(=O)O)CCC(C)CC2)CCCNC1. The molecule has 0 aromatic carbocycles. The van der Waals surface area contributed by atoms with Gasteiger partial charge < -0.3 is 15.7 Å². The molecular weight excluding hydrogens is 268 g/mol. The first kappa shape index (κ1) is 16.3. The molecule has 1 saturated carbocycles. The van der Waals surface area contributed by atoms with Crippen LogP contribution in [-0.4, -0.2) is 35.6 Å². The Balaban J connectivity index is 2.12. The van der Waals surface area contributed by atoms with Gasteiger partial charge in [-0.1, -0.05) is 13.8 Å². The summed E-state index contributed by atoms with van der Waals surface area (Å²) in [5.74, 6) is -0.405. The largest absolute Gasteiger partial charge is 0.480 e. The topological polar surface area (TPSA) is 78.4 Å². The molecule has 0 radical (unpaired) electrons. The van der Waals surface area contributed by atoms with Crippen LogP contribution in [0.1, 0.15) is 58.8 Å². The monoisotopic (exact) mass is 296 g/mol. The predicted molar refractivity (Wildman–Crippen MR) is 81.0 cm³/mol. The van der Waals surface area contributed by atoms with Gasteiger partial charge in [-0.15, -0.1) is 0 Å². The van der Waals surface area contributed by atoms with Crippen molar-refractivity contribution >= 4 is 11.9 Å². The number of carboxylic acids is 1. The van der Waals surface area contributed by atoms with E-state index in [2.05, 4.69) is 17.6 Å². The molecule has 5 nitrogen and oxygen atoms in total. The molecule has 1 aliphatic carbocycles. The first-order chi connectivity index (χ1) is 9.94. The number of carbonyl (C=O) groups is 2. The Hall–Kier alpha value is -1.10. The highest BCUT2D eigenvalue weighted by atomic mass is 16.4. The van der Waals surface area contributed by atoms with E-state index in [9.17, 15) is 14.7 Å². The van der Waals surface area contributed by atoms with E-state index in [-0.39, 0.29) is 5.91 Å². The quantitative estimate of drug-likeness (QED) is 0.740. The van der Waals surface area contributed by atoms with Crippen molar-refractivity contribution in [2.24, 2.45) is 11.3 Å². The van der Waals surface area contributed by atoms with Crippen molar-refractivity contribution in [1.29, 1.82) is 0 Å². The van der Waals surface area contributed by atoms with E-state index < -0.39 is 16.9 Å². The van der Waals surface area contributed by atoms with Gasteiger partial charge in [0.2, 0.25) is 5.91 Å². The van der Waals surface area contributed by atoms with Gasteiger partial charge in [0, 0.05) is 6.54 Å². The number of rotatable bonds is 4. The number of hydrogen-bond acceptors (Lipinski definition) is 3. The third-order valence-electron chi connectivity index (χ3n) is 5.52. The molecule has 1 amide bonds. The molecule has 1 saturated heterocycles. The summed E-state index contributed by atoms with van der Waals surface area (Å²) in [4.78, 5) is 24.6. The molecule has 1 atom stereocenters. The van der Waals surface area contributed by atoms with Crippen LogP contribution in [0.5, 0.6) is 0 Å². The lowest BCUT2D eigenvalue weighted by Crippen LogP contribution is -2.61. The number of carbonyl (C=O) groups excluding carboxylic acids is 1. The standard InChI is InChI=1S/C16H28N2O3/c1-3-15(7-4-10-17-11-15)13(19)18-16(14(20)21)8-5-12(2)6-9-16/h12,17H,3-11H2,1-2H3,(H,18,19)(H,20,21). The predicted octanol–water partition coefficient (Wildman–Crippen LogP) is 1.92. The molecule has 0 bridgehead atoms. The average molecular weight is 296 g/mol. The number of nitrogens with one attached hydrogen (secondary N) is 2. The normalized spacial score (nSPS) is 37.0. The maximum Gasteiger partial charge on any atom is 0.329 e. The van der Waals surface area contributed by atoms with Gasteiger partial charge in [0.05, 0.1) is 5.41 Å². The second kappa shape index (κ2) is 6.34. The lowest BCUT2D eigenvalue weighted by molar-refractivity contribution is -0.152. The molecule has 0 aromatic rings. The van der Waals surface area contributed by atoms with Crippen molar-refractivity contribution in [3.63, 3.8) is 0 Å². The first-order valence-corrected chi connectivity index (χ1v) is 8.21. The van der Waals surface area contributed by atoms with E-state index >= 15 is 0 Å². The third-order valence-corrected chi connectivity index (χ3v) is 5.52. The highest BCUT2D eigenvalue weighted by Gasteiger charge is 2.47. The van der Waals surface area contributed by atoms with Crippen LogP contribution < -0.4 is 10.6 Å². The molecule has 1 aliphatic heterocycles. The van der Waals surface area contributed by atoms with E-state index in [0.717, 1.165) is 38.6 Å². The minimum atomic E-state index is -1.05. The molecule has 1 unspecified atom stereocenters. The van der Waals surface area contributed by atoms with Gasteiger partial charge in [-0.05, 0) is 57.4 Å². The fourth-order valence-electron chi connectivity index (χ4n) is 3.62. The Morgan fingerprint density at radius 2 is 1.95 bits per heavy atom.